The van der Waals surface area contributed by atoms with E-state index in [0.717, 1.165) is 29.1 Å². The van der Waals surface area contributed by atoms with Crippen LogP contribution in [0.2, 0.25) is 0 Å². The molecule has 0 amide bonds. The molecule has 1 N–H and O–H groups in total. The number of nitrogens with one attached hydrogen (secondary N) is 1. The van der Waals surface area contributed by atoms with Gasteiger partial charge in [-0.1, -0.05) is 51.3 Å². The van der Waals surface area contributed by atoms with Gasteiger partial charge >= 0.3 is 0 Å². The summed E-state index contributed by atoms with van der Waals surface area (Å²) in [7, 11) is 0. The molecule has 3 heteroatoms. The van der Waals surface area contributed by atoms with E-state index in [-0.39, 0.29) is 0 Å². The van der Waals surface area contributed by atoms with Crippen LogP contribution in [0.25, 0.3) is 10.9 Å². The first-order chi connectivity index (χ1) is 9.35. The predicted molar refractivity (Wildman–Crippen MR) is 81.3 cm³/mol. The normalized spacial score (nSPS) is 12.5. The zero-order valence-corrected chi connectivity index (χ0v) is 11.9. The lowest BCUT2D eigenvalue weighted by atomic mass is 9.99. The maximum Gasteiger partial charge on any atom is 0.0950 e. The fourth-order valence-corrected chi connectivity index (χ4v) is 2.35. The molecule has 0 saturated heterocycles. The summed E-state index contributed by atoms with van der Waals surface area (Å²) in [4.78, 5) is 0. The second-order valence-electron chi connectivity index (χ2n) is 5.07. The summed E-state index contributed by atoms with van der Waals surface area (Å²) in [6.07, 6.45) is 6.94. The number of anilines is 1. The molecule has 0 bridgehead atoms. The van der Waals surface area contributed by atoms with E-state index >= 15 is 0 Å². The number of benzene rings is 1. The van der Waals surface area contributed by atoms with Crippen LogP contribution in [0.3, 0.4) is 0 Å². The van der Waals surface area contributed by atoms with Crippen molar-refractivity contribution in [2.45, 2.75) is 39.5 Å². The van der Waals surface area contributed by atoms with Gasteiger partial charge in [0.2, 0.25) is 0 Å². The van der Waals surface area contributed by atoms with E-state index in [1.54, 1.807) is 0 Å². The van der Waals surface area contributed by atoms with E-state index in [4.69, 9.17) is 0 Å². The molecule has 0 aliphatic heterocycles. The summed E-state index contributed by atoms with van der Waals surface area (Å²) < 4.78 is 0. The van der Waals surface area contributed by atoms with Gasteiger partial charge < -0.3 is 5.32 Å². The number of rotatable bonds is 7. The van der Waals surface area contributed by atoms with Crippen LogP contribution in [0.4, 0.5) is 5.69 Å². The molecule has 2 aromatic rings. The second-order valence-corrected chi connectivity index (χ2v) is 5.07. The summed E-state index contributed by atoms with van der Waals surface area (Å²) in [5, 5.41) is 12.9. The molecule has 1 aromatic carbocycles. The molecule has 1 atom stereocenters. The fourth-order valence-electron chi connectivity index (χ4n) is 2.35. The van der Waals surface area contributed by atoms with Crippen LogP contribution in [-0.4, -0.2) is 16.7 Å². The highest BCUT2D eigenvalue weighted by Crippen LogP contribution is 2.21. The zero-order valence-electron chi connectivity index (χ0n) is 11.9. The van der Waals surface area contributed by atoms with Gasteiger partial charge in [0.25, 0.3) is 0 Å². The topological polar surface area (TPSA) is 37.8 Å². The summed E-state index contributed by atoms with van der Waals surface area (Å²) in [5.74, 6) is 0.742. The number of fused-ring (bicyclic) bond motifs is 1. The highest BCUT2D eigenvalue weighted by molar-refractivity contribution is 5.90. The van der Waals surface area contributed by atoms with E-state index in [0.29, 0.717) is 0 Å². The van der Waals surface area contributed by atoms with Crippen LogP contribution in [-0.2, 0) is 0 Å². The van der Waals surface area contributed by atoms with Crippen molar-refractivity contribution in [2.75, 3.05) is 11.9 Å². The molecule has 0 radical (unpaired) electrons. The molecule has 1 unspecified atom stereocenters. The number of hydrogen-bond acceptors (Lipinski definition) is 3. The van der Waals surface area contributed by atoms with E-state index in [2.05, 4.69) is 35.4 Å². The van der Waals surface area contributed by atoms with Crippen molar-refractivity contribution in [1.82, 2.24) is 10.2 Å². The van der Waals surface area contributed by atoms with Crippen molar-refractivity contribution < 1.29 is 0 Å². The molecule has 0 aliphatic carbocycles. The molecular formula is C16H23N3. The molecular weight excluding hydrogens is 234 g/mol. The lowest BCUT2D eigenvalue weighted by Crippen LogP contribution is -2.14. The van der Waals surface area contributed by atoms with Gasteiger partial charge in [0.05, 0.1) is 17.4 Å². The summed E-state index contributed by atoms with van der Waals surface area (Å²) in [6, 6.07) is 8.14. The Morgan fingerprint density at radius 3 is 2.84 bits per heavy atom. The van der Waals surface area contributed by atoms with Crippen molar-refractivity contribution in [1.29, 1.82) is 0 Å². The Balaban J connectivity index is 2.04. The quantitative estimate of drug-likeness (QED) is 0.805. The van der Waals surface area contributed by atoms with Crippen LogP contribution >= 0.6 is 0 Å². The number of hydrogen-bond donors (Lipinski definition) is 1. The predicted octanol–water partition coefficient (Wildman–Crippen LogP) is 4.26. The van der Waals surface area contributed by atoms with Crippen LogP contribution in [0.15, 0.2) is 30.5 Å². The molecule has 0 fully saturated rings. The smallest absolute Gasteiger partial charge is 0.0950 e. The minimum Gasteiger partial charge on any atom is -0.383 e. The molecule has 19 heavy (non-hydrogen) atoms. The maximum absolute atomic E-state index is 4.15. The van der Waals surface area contributed by atoms with Gasteiger partial charge in [0, 0.05) is 11.9 Å². The molecule has 3 nitrogen and oxygen atoms in total. The highest BCUT2D eigenvalue weighted by atomic mass is 15.1. The summed E-state index contributed by atoms with van der Waals surface area (Å²) >= 11 is 0. The van der Waals surface area contributed by atoms with E-state index in [9.17, 15) is 0 Å². The van der Waals surface area contributed by atoms with Crippen molar-refractivity contribution >= 4 is 16.6 Å². The van der Waals surface area contributed by atoms with Gasteiger partial charge in [-0.3, -0.25) is 0 Å². The Kier molecular flexibility index (Phi) is 5.13. The first-order valence-corrected chi connectivity index (χ1v) is 7.29. The lowest BCUT2D eigenvalue weighted by molar-refractivity contribution is 0.473. The maximum atomic E-state index is 4.15. The van der Waals surface area contributed by atoms with Crippen molar-refractivity contribution in [2.24, 2.45) is 5.92 Å². The molecule has 1 aromatic heterocycles. The Bertz CT molecular complexity index is 505. The third-order valence-corrected chi connectivity index (χ3v) is 3.67. The molecule has 0 spiro atoms. The van der Waals surface area contributed by atoms with Crippen LogP contribution < -0.4 is 5.32 Å². The minimum atomic E-state index is 0.742. The van der Waals surface area contributed by atoms with E-state index < -0.39 is 0 Å². The van der Waals surface area contributed by atoms with Crippen molar-refractivity contribution in [3.05, 3.63) is 30.5 Å². The SMILES string of the molecule is CCCCC(CC)CNc1cnnc2ccccc12. The van der Waals surface area contributed by atoms with Gasteiger partial charge in [-0.15, -0.1) is 0 Å². The molecule has 102 valence electrons. The molecule has 0 saturated carbocycles. The average Bonchev–Trinajstić information content (AvgIpc) is 2.47. The largest absolute Gasteiger partial charge is 0.383 e. The summed E-state index contributed by atoms with van der Waals surface area (Å²) in [5.41, 5.74) is 2.05. The molecule has 2 rings (SSSR count). The molecule has 1 heterocycles. The van der Waals surface area contributed by atoms with E-state index in [1.165, 1.54) is 25.7 Å². The van der Waals surface area contributed by atoms with Gasteiger partial charge in [0.1, 0.15) is 0 Å². The number of unbranched alkanes of at least 4 members (excludes halogenated alkanes) is 1. The fraction of sp³-hybridized carbons (Fsp3) is 0.500. The standard InChI is InChI=1S/C16H23N3/c1-3-5-8-13(4-2)11-17-16-12-18-19-15-10-7-6-9-14(15)16/h6-7,9-10,12-13H,3-5,8,11H2,1-2H3,(H,17,19). The van der Waals surface area contributed by atoms with Gasteiger partial charge in [0.15, 0.2) is 0 Å². The minimum absolute atomic E-state index is 0.742. The zero-order chi connectivity index (χ0) is 13.5. The van der Waals surface area contributed by atoms with Crippen LogP contribution in [0.1, 0.15) is 39.5 Å². The third kappa shape index (κ3) is 3.66. The number of nitrogens with zero attached hydrogens (tertiary/aromatic N) is 2. The first-order valence-electron chi connectivity index (χ1n) is 7.29. The first kappa shape index (κ1) is 13.8. The van der Waals surface area contributed by atoms with Crippen molar-refractivity contribution in [3.63, 3.8) is 0 Å². The third-order valence-electron chi connectivity index (χ3n) is 3.67. The van der Waals surface area contributed by atoms with Crippen molar-refractivity contribution in [3.8, 4) is 0 Å². The Hall–Kier alpha value is -1.64. The van der Waals surface area contributed by atoms with Crippen LogP contribution in [0, 0.1) is 5.92 Å². The Labute approximate surface area is 115 Å². The summed E-state index contributed by atoms with van der Waals surface area (Å²) in [6.45, 7) is 5.54. The van der Waals surface area contributed by atoms with E-state index in [1.807, 2.05) is 24.4 Å². The van der Waals surface area contributed by atoms with Crippen LogP contribution in [0.5, 0.6) is 0 Å². The average molecular weight is 257 g/mol. The Morgan fingerprint density at radius 1 is 1.21 bits per heavy atom. The second kappa shape index (κ2) is 7.07. The lowest BCUT2D eigenvalue weighted by Gasteiger charge is -2.16. The number of aromatic nitrogens is 2. The highest BCUT2D eigenvalue weighted by Gasteiger charge is 2.07. The van der Waals surface area contributed by atoms with Gasteiger partial charge in [-0.05, 0) is 18.4 Å². The molecule has 0 aliphatic rings. The van der Waals surface area contributed by atoms with Gasteiger partial charge in [-0.2, -0.15) is 10.2 Å². The van der Waals surface area contributed by atoms with Gasteiger partial charge in [-0.25, -0.2) is 0 Å². The Morgan fingerprint density at radius 2 is 2.05 bits per heavy atom. The monoisotopic (exact) mass is 257 g/mol.